The fraction of sp³-hybridized carbons (Fsp3) is 0.350. The van der Waals surface area contributed by atoms with Crippen LogP contribution in [0.4, 0.5) is 10.1 Å². The van der Waals surface area contributed by atoms with Crippen molar-refractivity contribution in [3.8, 4) is 0 Å². The molecule has 1 fully saturated rings. The summed E-state index contributed by atoms with van der Waals surface area (Å²) in [7, 11) is 1.89. The van der Waals surface area contributed by atoms with Crippen LogP contribution in [-0.4, -0.2) is 40.7 Å². The van der Waals surface area contributed by atoms with Gasteiger partial charge >= 0.3 is 0 Å². The Labute approximate surface area is 148 Å². The van der Waals surface area contributed by atoms with Gasteiger partial charge in [0.05, 0.1) is 5.60 Å². The summed E-state index contributed by atoms with van der Waals surface area (Å²) in [6.07, 6.45) is 2.88. The van der Waals surface area contributed by atoms with Gasteiger partial charge in [0.2, 0.25) is 5.95 Å². The van der Waals surface area contributed by atoms with Crippen molar-refractivity contribution < 1.29 is 9.50 Å². The maximum atomic E-state index is 13.8. The Hall–Kier alpha value is -2.40. The number of hydrogen-bond acceptors (Lipinski definition) is 4. The van der Waals surface area contributed by atoms with Crippen molar-refractivity contribution >= 4 is 11.4 Å². The average molecular weight is 341 g/mol. The minimum Gasteiger partial charge on any atom is -0.389 e. The zero-order chi connectivity index (χ0) is 17.9. The number of halogens is 1. The van der Waals surface area contributed by atoms with Crippen LogP contribution in [0.3, 0.4) is 0 Å². The predicted octanol–water partition coefficient (Wildman–Crippen LogP) is 3.30. The molecule has 1 aromatic carbocycles. The molecule has 0 amide bonds. The van der Waals surface area contributed by atoms with Crippen LogP contribution >= 0.6 is 0 Å². The lowest BCUT2D eigenvalue weighted by atomic mass is 9.85. The molecule has 1 aliphatic heterocycles. The Morgan fingerprint density at radius 3 is 2.56 bits per heavy atom. The van der Waals surface area contributed by atoms with Crippen LogP contribution in [-0.2, 0) is 6.42 Å². The molecular weight excluding hydrogens is 317 g/mol. The van der Waals surface area contributed by atoms with Gasteiger partial charge in [-0.05, 0) is 36.6 Å². The van der Waals surface area contributed by atoms with Crippen molar-refractivity contribution in [1.82, 2.24) is 9.88 Å². The second kappa shape index (κ2) is 7.23. The zero-order valence-corrected chi connectivity index (χ0v) is 14.5. The fourth-order valence-corrected chi connectivity index (χ4v) is 3.29. The third-order valence-electron chi connectivity index (χ3n) is 4.94. The highest BCUT2D eigenvalue weighted by Crippen LogP contribution is 2.30. The van der Waals surface area contributed by atoms with Crippen molar-refractivity contribution in [2.45, 2.75) is 24.9 Å². The van der Waals surface area contributed by atoms with Gasteiger partial charge in [0.1, 0.15) is 0 Å². The largest absolute Gasteiger partial charge is 0.389 e. The minimum atomic E-state index is -0.892. The molecule has 1 aliphatic rings. The van der Waals surface area contributed by atoms with E-state index >= 15 is 0 Å². The van der Waals surface area contributed by atoms with Crippen LogP contribution in [0.5, 0.6) is 0 Å². The summed E-state index contributed by atoms with van der Waals surface area (Å²) in [5.41, 5.74) is 2.67. The summed E-state index contributed by atoms with van der Waals surface area (Å²) in [5, 5.41) is 13.9. The summed E-state index contributed by atoms with van der Waals surface area (Å²) in [6, 6.07) is 11.5. The number of aromatic nitrogens is 1. The van der Waals surface area contributed by atoms with Crippen molar-refractivity contribution in [1.29, 1.82) is 0 Å². The van der Waals surface area contributed by atoms with Crippen molar-refractivity contribution in [2.24, 2.45) is 0 Å². The number of hydrogen-bond donors (Lipinski definition) is 2. The molecule has 25 heavy (non-hydrogen) atoms. The first-order valence-electron chi connectivity index (χ1n) is 8.54. The second-order valence-electron chi connectivity index (χ2n) is 6.62. The van der Waals surface area contributed by atoms with E-state index in [1.165, 1.54) is 6.20 Å². The van der Waals surface area contributed by atoms with Crippen LogP contribution in [0.1, 0.15) is 24.0 Å². The van der Waals surface area contributed by atoms with Gasteiger partial charge in [0.15, 0.2) is 0 Å². The van der Waals surface area contributed by atoms with E-state index in [1.54, 1.807) is 12.1 Å². The Bertz CT molecular complexity index is 737. The Morgan fingerprint density at radius 2 is 1.96 bits per heavy atom. The Kier molecular flexibility index (Phi) is 5.04. The monoisotopic (exact) mass is 341 g/mol. The predicted molar refractivity (Wildman–Crippen MR) is 98.7 cm³/mol. The number of anilines is 1. The molecule has 0 aliphatic carbocycles. The molecule has 1 aromatic heterocycles. The highest BCUT2D eigenvalue weighted by Gasteiger charge is 2.33. The van der Waals surface area contributed by atoms with Gasteiger partial charge in [0, 0.05) is 49.7 Å². The lowest BCUT2D eigenvalue weighted by Crippen LogP contribution is -2.45. The smallest absolute Gasteiger partial charge is 0.216 e. The number of aliphatic hydroxyl groups is 1. The van der Waals surface area contributed by atoms with Crippen LogP contribution in [0.25, 0.3) is 5.70 Å². The molecule has 0 unspecified atom stereocenters. The molecule has 1 saturated heterocycles. The summed E-state index contributed by atoms with van der Waals surface area (Å²) in [4.78, 5) is 5.85. The quantitative estimate of drug-likeness (QED) is 0.819. The van der Waals surface area contributed by atoms with E-state index in [-0.39, 0.29) is 0 Å². The standard InChI is InChI=1S/C20H24FN3O/c1-15(16-5-7-18(22-2)8-6-16)24-12-9-20(25,10-13-24)14-17-4-3-11-23-19(17)21/h3-8,11,22,25H,1,9-10,12-14H2,2H3. The van der Waals surface area contributed by atoms with E-state index in [4.69, 9.17) is 0 Å². The molecule has 2 heterocycles. The van der Waals surface area contributed by atoms with Gasteiger partial charge in [0.25, 0.3) is 0 Å². The van der Waals surface area contributed by atoms with E-state index in [0.29, 0.717) is 37.9 Å². The lowest BCUT2D eigenvalue weighted by molar-refractivity contribution is -0.00942. The van der Waals surface area contributed by atoms with Gasteiger partial charge < -0.3 is 15.3 Å². The molecule has 0 atom stereocenters. The van der Waals surface area contributed by atoms with Gasteiger partial charge in [-0.15, -0.1) is 0 Å². The topological polar surface area (TPSA) is 48.4 Å². The van der Waals surface area contributed by atoms with Gasteiger partial charge in [-0.3, -0.25) is 0 Å². The molecule has 3 rings (SSSR count). The van der Waals surface area contributed by atoms with Crippen molar-refractivity contribution in [3.05, 3.63) is 66.2 Å². The van der Waals surface area contributed by atoms with Gasteiger partial charge in [-0.1, -0.05) is 24.8 Å². The molecule has 2 N–H and O–H groups in total. The highest BCUT2D eigenvalue weighted by molar-refractivity contribution is 5.64. The number of benzene rings is 1. The first kappa shape index (κ1) is 17.4. The molecule has 0 bridgehead atoms. The summed E-state index contributed by atoms with van der Waals surface area (Å²) in [6.45, 7) is 5.60. The molecule has 0 spiro atoms. The number of rotatable bonds is 5. The second-order valence-corrected chi connectivity index (χ2v) is 6.62. The van der Waals surface area contributed by atoms with E-state index in [0.717, 1.165) is 16.9 Å². The lowest BCUT2D eigenvalue weighted by Gasteiger charge is -2.40. The maximum absolute atomic E-state index is 13.8. The number of nitrogens with one attached hydrogen (secondary N) is 1. The number of pyridine rings is 1. The van der Waals surface area contributed by atoms with Crippen molar-refractivity contribution in [2.75, 3.05) is 25.5 Å². The zero-order valence-electron chi connectivity index (χ0n) is 14.5. The van der Waals surface area contributed by atoms with Crippen LogP contribution in [0.15, 0.2) is 49.2 Å². The maximum Gasteiger partial charge on any atom is 0.216 e. The normalized spacial score (nSPS) is 16.5. The van der Waals surface area contributed by atoms with Crippen LogP contribution < -0.4 is 5.32 Å². The number of likely N-dealkylation sites (tertiary alicyclic amines) is 1. The average Bonchev–Trinajstić information content (AvgIpc) is 2.64. The Morgan fingerprint density at radius 1 is 1.28 bits per heavy atom. The van der Waals surface area contributed by atoms with E-state index in [1.807, 2.05) is 31.3 Å². The molecule has 5 heteroatoms. The first-order valence-corrected chi connectivity index (χ1v) is 8.54. The number of piperidine rings is 1. The minimum absolute atomic E-state index is 0.295. The molecule has 2 aromatic rings. The van der Waals surface area contributed by atoms with Gasteiger partial charge in [-0.25, -0.2) is 4.98 Å². The summed E-state index contributed by atoms with van der Waals surface area (Å²) in [5.74, 6) is -0.493. The summed E-state index contributed by atoms with van der Waals surface area (Å²) >= 11 is 0. The van der Waals surface area contributed by atoms with E-state index < -0.39 is 11.5 Å². The molecule has 132 valence electrons. The first-order chi connectivity index (χ1) is 12.0. The molecule has 0 saturated carbocycles. The highest BCUT2D eigenvalue weighted by atomic mass is 19.1. The van der Waals surface area contributed by atoms with Crippen molar-refractivity contribution in [3.63, 3.8) is 0 Å². The SMILES string of the molecule is C=C(c1ccc(NC)cc1)N1CCC(O)(Cc2cccnc2F)CC1. The number of nitrogens with zero attached hydrogens (tertiary/aromatic N) is 2. The molecule has 0 radical (unpaired) electrons. The van der Waals surface area contributed by atoms with E-state index in [9.17, 15) is 9.50 Å². The molecular formula is C20H24FN3O. The van der Waals surface area contributed by atoms with E-state index in [2.05, 4.69) is 21.8 Å². The van der Waals surface area contributed by atoms with Crippen LogP contribution in [0.2, 0.25) is 0 Å². The fourth-order valence-electron chi connectivity index (χ4n) is 3.29. The van der Waals surface area contributed by atoms with Gasteiger partial charge in [-0.2, -0.15) is 4.39 Å². The third-order valence-corrected chi connectivity index (χ3v) is 4.94. The summed E-state index contributed by atoms with van der Waals surface area (Å²) < 4.78 is 13.8. The Balaban J connectivity index is 1.62. The third kappa shape index (κ3) is 3.99. The van der Waals surface area contributed by atoms with Crippen LogP contribution in [0, 0.1) is 5.95 Å². The molecule has 4 nitrogen and oxygen atoms in total.